The SMILES string of the molecule is CCC(CC)NC(=O)CN=[N+]=[N-]. The average molecular weight is 170 g/mol. The molecule has 12 heavy (non-hydrogen) atoms. The largest absolute Gasteiger partial charge is 0.353 e. The minimum atomic E-state index is -0.207. The summed E-state index contributed by atoms with van der Waals surface area (Å²) in [6.45, 7) is 3.90. The van der Waals surface area contributed by atoms with Crippen molar-refractivity contribution in [2.24, 2.45) is 5.11 Å². The molecule has 0 aromatic heterocycles. The molecule has 0 radical (unpaired) electrons. The molecule has 0 aliphatic rings. The molecule has 68 valence electrons. The second-order valence-corrected chi connectivity index (χ2v) is 2.47. The monoisotopic (exact) mass is 170 g/mol. The van der Waals surface area contributed by atoms with Crippen LogP contribution in [0.25, 0.3) is 10.4 Å². The zero-order chi connectivity index (χ0) is 9.40. The molecule has 0 saturated heterocycles. The molecule has 0 aliphatic carbocycles. The van der Waals surface area contributed by atoms with Crippen molar-refractivity contribution in [3.05, 3.63) is 10.4 Å². The molecule has 0 saturated carbocycles. The van der Waals surface area contributed by atoms with E-state index in [-0.39, 0.29) is 18.5 Å². The van der Waals surface area contributed by atoms with Crippen molar-refractivity contribution in [3.8, 4) is 0 Å². The molecule has 0 bridgehead atoms. The lowest BCUT2D eigenvalue weighted by atomic mass is 10.2. The summed E-state index contributed by atoms with van der Waals surface area (Å²) in [7, 11) is 0. The minimum Gasteiger partial charge on any atom is -0.353 e. The van der Waals surface area contributed by atoms with E-state index in [4.69, 9.17) is 5.53 Å². The van der Waals surface area contributed by atoms with Gasteiger partial charge in [0.05, 0.1) is 0 Å². The Morgan fingerprint density at radius 2 is 2.17 bits per heavy atom. The number of amides is 1. The zero-order valence-electron chi connectivity index (χ0n) is 7.45. The van der Waals surface area contributed by atoms with Crippen LogP contribution in [0.5, 0.6) is 0 Å². The number of hydrogen-bond donors (Lipinski definition) is 1. The number of nitrogens with one attached hydrogen (secondary N) is 1. The molecule has 0 atom stereocenters. The summed E-state index contributed by atoms with van der Waals surface area (Å²) < 4.78 is 0. The van der Waals surface area contributed by atoms with Crippen LogP contribution in [-0.4, -0.2) is 18.5 Å². The lowest BCUT2D eigenvalue weighted by Crippen LogP contribution is -2.35. The number of carbonyl (C=O) groups excluding carboxylic acids is 1. The van der Waals surface area contributed by atoms with E-state index < -0.39 is 0 Å². The van der Waals surface area contributed by atoms with Crippen LogP contribution < -0.4 is 5.32 Å². The third-order valence-electron chi connectivity index (χ3n) is 1.63. The maximum Gasteiger partial charge on any atom is 0.226 e. The summed E-state index contributed by atoms with van der Waals surface area (Å²) in [5, 5.41) is 5.91. The molecule has 5 heteroatoms. The number of hydrogen-bond acceptors (Lipinski definition) is 2. The van der Waals surface area contributed by atoms with Gasteiger partial charge in [-0.2, -0.15) is 0 Å². The molecule has 0 heterocycles. The van der Waals surface area contributed by atoms with Crippen molar-refractivity contribution in [2.75, 3.05) is 6.54 Å². The highest BCUT2D eigenvalue weighted by molar-refractivity contribution is 5.78. The van der Waals surface area contributed by atoms with E-state index in [9.17, 15) is 4.79 Å². The van der Waals surface area contributed by atoms with Crippen molar-refractivity contribution in [3.63, 3.8) is 0 Å². The Balaban J connectivity index is 3.73. The predicted octanol–water partition coefficient (Wildman–Crippen LogP) is 1.60. The van der Waals surface area contributed by atoms with Crippen LogP contribution in [0.1, 0.15) is 26.7 Å². The van der Waals surface area contributed by atoms with Gasteiger partial charge < -0.3 is 5.32 Å². The van der Waals surface area contributed by atoms with E-state index in [2.05, 4.69) is 15.3 Å². The first-order valence-electron chi connectivity index (χ1n) is 4.04. The van der Waals surface area contributed by atoms with Crippen LogP contribution in [0.3, 0.4) is 0 Å². The van der Waals surface area contributed by atoms with Gasteiger partial charge in [-0.3, -0.25) is 4.79 Å². The van der Waals surface area contributed by atoms with Crippen LogP contribution in [0.4, 0.5) is 0 Å². The van der Waals surface area contributed by atoms with Gasteiger partial charge in [0, 0.05) is 11.0 Å². The fourth-order valence-corrected chi connectivity index (χ4v) is 0.862. The standard InChI is InChI=1S/C7H14N4O/c1-3-6(4-2)10-7(12)5-9-11-8/h6H,3-5H2,1-2H3,(H,10,12). The number of azide groups is 1. The Labute approximate surface area is 71.8 Å². The van der Waals surface area contributed by atoms with Gasteiger partial charge in [0.1, 0.15) is 6.54 Å². The molecule has 0 spiro atoms. The topological polar surface area (TPSA) is 77.9 Å². The molecule has 0 aromatic rings. The molecule has 0 rings (SSSR count). The molecule has 1 N–H and O–H groups in total. The molecular formula is C7H14N4O. The molecule has 5 nitrogen and oxygen atoms in total. The Bertz CT molecular complexity index is 182. The quantitative estimate of drug-likeness (QED) is 0.379. The highest BCUT2D eigenvalue weighted by Crippen LogP contribution is 1.95. The fraction of sp³-hybridized carbons (Fsp3) is 0.857. The number of nitrogens with zero attached hydrogens (tertiary/aromatic N) is 3. The third-order valence-corrected chi connectivity index (χ3v) is 1.63. The second-order valence-electron chi connectivity index (χ2n) is 2.47. The molecule has 0 fully saturated rings. The van der Waals surface area contributed by atoms with Crippen molar-refractivity contribution in [1.29, 1.82) is 0 Å². The second kappa shape index (κ2) is 6.49. The molecular weight excluding hydrogens is 156 g/mol. The van der Waals surface area contributed by atoms with Crippen LogP contribution >= 0.6 is 0 Å². The maximum atomic E-state index is 11.0. The van der Waals surface area contributed by atoms with Gasteiger partial charge in [0.25, 0.3) is 0 Å². The van der Waals surface area contributed by atoms with Crippen LogP contribution in [0.2, 0.25) is 0 Å². The minimum absolute atomic E-state index is 0.104. The van der Waals surface area contributed by atoms with Crippen molar-refractivity contribution in [1.82, 2.24) is 5.32 Å². The van der Waals surface area contributed by atoms with Gasteiger partial charge in [-0.1, -0.05) is 19.0 Å². The normalized spacial score (nSPS) is 9.25. The van der Waals surface area contributed by atoms with E-state index in [0.29, 0.717) is 0 Å². The third kappa shape index (κ3) is 4.57. The summed E-state index contributed by atoms with van der Waals surface area (Å²) >= 11 is 0. The van der Waals surface area contributed by atoms with Gasteiger partial charge in [0.2, 0.25) is 5.91 Å². The van der Waals surface area contributed by atoms with Crippen LogP contribution in [-0.2, 0) is 4.79 Å². The summed E-state index contributed by atoms with van der Waals surface area (Å²) in [5.41, 5.74) is 7.94. The summed E-state index contributed by atoms with van der Waals surface area (Å²) in [6, 6.07) is 0.200. The average Bonchev–Trinajstić information content (AvgIpc) is 2.10. The lowest BCUT2D eigenvalue weighted by molar-refractivity contribution is -0.120. The van der Waals surface area contributed by atoms with Crippen molar-refractivity contribution in [2.45, 2.75) is 32.7 Å². The number of carbonyl (C=O) groups is 1. The Kier molecular flexibility index (Phi) is 5.83. The van der Waals surface area contributed by atoms with Gasteiger partial charge in [-0.05, 0) is 18.4 Å². The predicted molar refractivity (Wildman–Crippen MR) is 46.5 cm³/mol. The summed E-state index contributed by atoms with van der Waals surface area (Å²) in [4.78, 5) is 13.5. The van der Waals surface area contributed by atoms with Crippen molar-refractivity contribution < 1.29 is 4.79 Å². The Hall–Kier alpha value is -1.22. The Morgan fingerprint density at radius 3 is 2.58 bits per heavy atom. The number of rotatable bonds is 5. The molecule has 0 aliphatic heterocycles. The molecule has 0 unspecified atom stereocenters. The maximum absolute atomic E-state index is 11.0. The highest BCUT2D eigenvalue weighted by Gasteiger charge is 2.05. The van der Waals surface area contributed by atoms with Crippen molar-refractivity contribution >= 4 is 5.91 Å². The fourth-order valence-electron chi connectivity index (χ4n) is 0.862. The van der Waals surface area contributed by atoms with Crippen LogP contribution in [0.15, 0.2) is 5.11 Å². The lowest BCUT2D eigenvalue weighted by Gasteiger charge is -2.13. The van der Waals surface area contributed by atoms with Gasteiger partial charge in [-0.25, -0.2) is 0 Å². The highest BCUT2D eigenvalue weighted by atomic mass is 16.1. The first-order valence-corrected chi connectivity index (χ1v) is 4.04. The first-order chi connectivity index (χ1) is 5.74. The summed E-state index contributed by atoms with van der Waals surface area (Å²) in [6.07, 6.45) is 1.80. The first kappa shape index (κ1) is 10.8. The summed E-state index contributed by atoms with van der Waals surface area (Å²) in [5.74, 6) is -0.207. The van der Waals surface area contributed by atoms with Gasteiger partial charge in [0.15, 0.2) is 0 Å². The van der Waals surface area contributed by atoms with Gasteiger partial charge >= 0.3 is 0 Å². The van der Waals surface area contributed by atoms with E-state index in [1.165, 1.54) is 0 Å². The molecule has 0 aromatic carbocycles. The van der Waals surface area contributed by atoms with E-state index in [1.807, 2.05) is 13.8 Å². The van der Waals surface area contributed by atoms with Gasteiger partial charge in [-0.15, -0.1) is 0 Å². The van der Waals surface area contributed by atoms with E-state index in [0.717, 1.165) is 12.8 Å². The van der Waals surface area contributed by atoms with Crippen LogP contribution in [0, 0.1) is 0 Å². The van der Waals surface area contributed by atoms with E-state index >= 15 is 0 Å². The zero-order valence-corrected chi connectivity index (χ0v) is 7.45. The smallest absolute Gasteiger partial charge is 0.226 e. The van der Waals surface area contributed by atoms with E-state index in [1.54, 1.807) is 0 Å². The molecule has 1 amide bonds. The Morgan fingerprint density at radius 1 is 1.58 bits per heavy atom.